The first-order valence-electron chi connectivity index (χ1n) is 30.3. The van der Waals surface area contributed by atoms with Crippen molar-refractivity contribution in [2.75, 3.05) is 33.0 Å². The molecule has 86 heavy (non-hydrogen) atoms. The summed E-state index contributed by atoms with van der Waals surface area (Å²) < 4.78 is 58.8. The molecule has 0 bridgehead atoms. The zero-order valence-corrected chi connectivity index (χ0v) is 49.3. The Labute approximate surface area is 497 Å². The third-order valence-corrected chi connectivity index (χ3v) is 23.0. The fourth-order valence-corrected chi connectivity index (χ4v) is 17.4. The van der Waals surface area contributed by atoms with Gasteiger partial charge in [0.15, 0.2) is 25.2 Å². The van der Waals surface area contributed by atoms with Gasteiger partial charge in [-0.2, -0.15) is 0 Å². The van der Waals surface area contributed by atoms with E-state index in [4.69, 9.17) is 47.4 Å². The zero-order chi connectivity index (χ0) is 62.7. The maximum absolute atomic E-state index is 15.2. The summed E-state index contributed by atoms with van der Waals surface area (Å²) >= 11 is 0. The lowest BCUT2D eigenvalue weighted by Gasteiger charge is -2.71. The number of rotatable bonds is 14. The summed E-state index contributed by atoms with van der Waals surface area (Å²) in [6, 6.07) is 0. The highest BCUT2D eigenvalue weighted by atomic mass is 16.8. The van der Waals surface area contributed by atoms with Gasteiger partial charge in [-0.1, -0.05) is 46.3 Å². The van der Waals surface area contributed by atoms with E-state index in [-0.39, 0.29) is 61.6 Å². The maximum Gasteiger partial charge on any atom is 0.315 e. The van der Waals surface area contributed by atoms with E-state index in [9.17, 15) is 86.5 Å². The third-order valence-electron chi connectivity index (χ3n) is 23.0. The topological polar surface area (TPSA) is 450 Å². The largest absolute Gasteiger partial charge is 0.481 e. The smallest absolute Gasteiger partial charge is 0.315 e. The average Bonchev–Trinajstić information content (AvgIpc) is 0.679. The minimum atomic E-state index is -1.99. The molecule has 0 spiro atoms. The SMILES string of the molecule is CC1(C)[C@@H](O[C@@H]2OC[C@H](O)[C@H](O)[C@H]2O[C@@H]2OC[C@H](O)[C@H](O)[C@H]2O)CC[C@]2(C)[C@H]3CC=C4[C@@H]5C[C@](C)(C(=O)O)CC[C@]5(C(=O)O[C@@H]5O[C@H](CO[C@@H]6O[C@H](CO)[C@@H](O[C@@H]7O[C@H](CO)[C@@H](O)[C@H](O)[C@H]7O)[C@H](O)[C@H]6O)[C@@H](O)[C@H](O)[C@H]5O)CC[C@@]4(C)[C@]3(C)CC[C@@H]12. The summed E-state index contributed by atoms with van der Waals surface area (Å²) in [7, 11) is 0. The molecule has 0 aromatic carbocycles. The van der Waals surface area contributed by atoms with E-state index in [1.807, 2.05) is 0 Å². The summed E-state index contributed by atoms with van der Waals surface area (Å²) in [6.07, 6.45) is -32.1. The molecule has 4 saturated carbocycles. The number of hydrogen-bond acceptors (Lipinski definition) is 27. The lowest BCUT2D eigenvalue weighted by molar-refractivity contribution is -0.364. The van der Waals surface area contributed by atoms with Gasteiger partial charge in [-0.05, 0) is 111 Å². The van der Waals surface area contributed by atoms with Gasteiger partial charge in [0.05, 0.1) is 50.0 Å². The number of aliphatic hydroxyl groups is 15. The molecule has 492 valence electrons. The number of aliphatic hydroxyl groups excluding tert-OH is 15. The fourth-order valence-electron chi connectivity index (χ4n) is 17.4. The van der Waals surface area contributed by atoms with Gasteiger partial charge >= 0.3 is 11.9 Å². The number of aliphatic carboxylic acids is 1. The third kappa shape index (κ3) is 11.0. The molecule has 0 aromatic rings. The molecule has 5 heterocycles. The second-order valence-electron chi connectivity index (χ2n) is 27.9. The Morgan fingerprint density at radius 1 is 0.547 bits per heavy atom. The number of carboxylic acids is 1. The summed E-state index contributed by atoms with van der Waals surface area (Å²) in [6.45, 7) is 9.85. The molecule has 28 heteroatoms. The van der Waals surface area contributed by atoms with Gasteiger partial charge in [0.2, 0.25) is 6.29 Å². The fraction of sp³-hybridized carbons (Fsp3) is 0.931. The molecule has 32 atom stereocenters. The highest BCUT2D eigenvalue weighted by Crippen LogP contribution is 2.76. The predicted molar refractivity (Wildman–Crippen MR) is 285 cm³/mol. The molecule has 16 N–H and O–H groups in total. The van der Waals surface area contributed by atoms with Crippen LogP contribution in [0, 0.1) is 50.2 Å². The van der Waals surface area contributed by atoms with Crippen LogP contribution in [0.2, 0.25) is 0 Å². The molecule has 5 aliphatic heterocycles. The van der Waals surface area contributed by atoms with Gasteiger partial charge in [0, 0.05) is 0 Å². The molecule has 10 aliphatic rings. The van der Waals surface area contributed by atoms with Crippen LogP contribution in [0.5, 0.6) is 0 Å². The van der Waals surface area contributed by atoms with E-state index in [0.29, 0.717) is 19.3 Å². The molecular formula is C58H92O28. The first-order valence-corrected chi connectivity index (χ1v) is 30.3. The van der Waals surface area contributed by atoms with Crippen LogP contribution in [0.4, 0.5) is 0 Å². The molecule has 10 rings (SSSR count). The number of carboxylic acid groups (broad SMARTS) is 1. The van der Waals surface area contributed by atoms with Crippen molar-refractivity contribution in [3.8, 4) is 0 Å². The van der Waals surface area contributed by atoms with Gasteiger partial charge in [-0.15, -0.1) is 0 Å². The van der Waals surface area contributed by atoms with Crippen molar-refractivity contribution in [1.82, 2.24) is 0 Å². The van der Waals surface area contributed by atoms with Crippen molar-refractivity contribution < 1.29 is 139 Å². The van der Waals surface area contributed by atoms with Crippen LogP contribution < -0.4 is 0 Å². The number of fused-ring (bicyclic) bond motifs is 7. The van der Waals surface area contributed by atoms with Crippen LogP contribution in [-0.2, 0) is 57.0 Å². The number of carbonyl (C=O) groups is 2. The highest BCUT2D eigenvalue weighted by Gasteiger charge is 2.71. The number of esters is 1. The molecule has 0 radical (unpaired) electrons. The Morgan fingerprint density at radius 3 is 1.78 bits per heavy atom. The first kappa shape index (κ1) is 66.6. The highest BCUT2D eigenvalue weighted by molar-refractivity contribution is 5.81. The number of hydrogen-bond donors (Lipinski definition) is 16. The van der Waals surface area contributed by atoms with Crippen molar-refractivity contribution in [2.24, 2.45) is 50.2 Å². The van der Waals surface area contributed by atoms with Gasteiger partial charge in [-0.25, -0.2) is 0 Å². The van der Waals surface area contributed by atoms with Crippen LogP contribution in [0.25, 0.3) is 0 Å². The monoisotopic (exact) mass is 1240 g/mol. The van der Waals surface area contributed by atoms with Crippen molar-refractivity contribution >= 4 is 11.9 Å². The summed E-state index contributed by atoms with van der Waals surface area (Å²) in [5.41, 5.74) is -3.31. The van der Waals surface area contributed by atoms with Crippen molar-refractivity contribution in [2.45, 2.75) is 253 Å². The van der Waals surface area contributed by atoms with Crippen molar-refractivity contribution in [3.63, 3.8) is 0 Å². The number of allylic oxidation sites excluding steroid dienone is 2. The van der Waals surface area contributed by atoms with Crippen LogP contribution in [0.15, 0.2) is 11.6 Å². The van der Waals surface area contributed by atoms with Crippen LogP contribution in [-0.4, -0.2) is 274 Å². The predicted octanol–water partition coefficient (Wildman–Crippen LogP) is -3.87. The van der Waals surface area contributed by atoms with E-state index in [2.05, 4.69) is 40.7 Å². The standard InChI is InChI=1S/C58H92O28/c1-53(2)30-9-12-57(6)31(55(30,4)11-10-32(53)83-50-45(34(64)26(62)21-78-50)85-47-40(70)33(63)25(61)20-77-47)8-7-23-24-17-54(3,51(74)75)13-15-58(24,16-14-56(23,57)5)52(76)86-49-42(72)38(68)36(66)29(82-49)22-79-46-43(73)39(69)44(28(19-60)81-46)84-48-41(71)37(67)35(65)27(18-59)80-48/h7,24-50,59-73H,8-22H2,1-6H3,(H,74,75)/t24-,25-,26-,27+,28+,29+,30-,31+,32-,33-,34-,35+,36+,37-,38-,39+,40+,41+,42+,43+,44+,45+,46+,47-,48-,49-,50-,54+,55-,56+,57+,58-/m0/s1. The normalized spacial score (nSPS) is 53.8. The second kappa shape index (κ2) is 24.6. The Morgan fingerprint density at radius 2 is 1.12 bits per heavy atom. The average molecular weight is 1240 g/mol. The lowest BCUT2D eigenvalue weighted by Crippen LogP contribution is -2.66. The number of ether oxygens (including phenoxy) is 10. The second-order valence-corrected chi connectivity index (χ2v) is 27.9. The van der Waals surface area contributed by atoms with E-state index in [1.54, 1.807) is 6.92 Å². The minimum absolute atomic E-state index is 0.0843. The maximum atomic E-state index is 15.2. The molecule has 0 aromatic heterocycles. The van der Waals surface area contributed by atoms with Crippen molar-refractivity contribution in [3.05, 3.63) is 11.6 Å². The molecule has 5 aliphatic carbocycles. The molecule has 0 amide bonds. The molecular weight excluding hydrogens is 1140 g/mol. The molecule has 28 nitrogen and oxygen atoms in total. The Kier molecular flexibility index (Phi) is 19.1. The first-order chi connectivity index (χ1) is 40.3. The van der Waals surface area contributed by atoms with Crippen LogP contribution in [0.3, 0.4) is 0 Å². The number of carbonyl (C=O) groups excluding carboxylic acids is 1. The molecule has 9 fully saturated rings. The van der Waals surface area contributed by atoms with Crippen LogP contribution in [0.1, 0.15) is 106 Å². The van der Waals surface area contributed by atoms with E-state index < -0.39 is 207 Å². The van der Waals surface area contributed by atoms with Gasteiger partial charge < -0.3 is 129 Å². The Bertz CT molecular complexity index is 2430. The van der Waals surface area contributed by atoms with Crippen molar-refractivity contribution in [1.29, 1.82) is 0 Å². The zero-order valence-electron chi connectivity index (χ0n) is 49.3. The van der Waals surface area contributed by atoms with Crippen LogP contribution >= 0.6 is 0 Å². The summed E-state index contributed by atoms with van der Waals surface area (Å²) in [5, 5.41) is 171. The van der Waals surface area contributed by atoms with Gasteiger partial charge in [-0.3, -0.25) is 9.59 Å². The Hall–Kier alpha value is -2.28. The van der Waals surface area contributed by atoms with E-state index in [0.717, 1.165) is 24.8 Å². The van der Waals surface area contributed by atoms with E-state index >= 15 is 4.79 Å². The van der Waals surface area contributed by atoms with Gasteiger partial charge in [0.1, 0.15) is 110 Å². The lowest BCUT2D eigenvalue weighted by atomic mass is 9.33. The van der Waals surface area contributed by atoms with Gasteiger partial charge in [0.25, 0.3) is 0 Å². The summed E-state index contributed by atoms with van der Waals surface area (Å²) in [4.78, 5) is 28.4. The quantitative estimate of drug-likeness (QED) is 0.0449. The minimum Gasteiger partial charge on any atom is -0.481 e. The summed E-state index contributed by atoms with van der Waals surface area (Å²) in [5.74, 6) is -2.28. The Balaban J connectivity index is 0.839. The van der Waals surface area contributed by atoms with E-state index in [1.165, 1.54) is 0 Å². The molecule has 0 unspecified atom stereocenters. The molecule has 5 saturated heterocycles.